The average Bonchev–Trinajstić information content (AvgIpc) is 2.96. The van der Waals surface area contributed by atoms with Crippen LogP contribution in [0.2, 0.25) is 0 Å². The smallest absolute Gasteiger partial charge is 0.196 e. The van der Waals surface area contributed by atoms with Crippen molar-refractivity contribution < 1.29 is 4.79 Å². The minimum Gasteiger partial charge on any atom is -0.293 e. The summed E-state index contributed by atoms with van der Waals surface area (Å²) >= 11 is 1.44. The van der Waals surface area contributed by atoms with Crippen molar-refractivity contribution >= 4 is 17.5 Å². The summed E-state index contributed by atoms with van der Waals surface area (Å²) in [6.07, 6.45) is 0. The van der Waals surface area contributed by atoms with Crippen molar-refractivity contribution in [2.45, 2.75) is 38.1 Å². The van der Waals surface area contributed by atoms with E-state index in [1.165, 1.54) is 17.3 Å². The average molecular weight is 351 g/mol. The molecule has 25 heavy (non-hydrogen) atoms. The van der Waals surface area contributed by atoms with E-state index in [1.54, 1.807) is 0 Å². The van der Waals surface area contributed by atoms with Crippen molar-refractivity contribution in [1.29, 1.82) is 0 Å². The van der Waals surface area contributed by atoms with Crippen LogP contribution in [-0.2, 0) is 0 Å². The van der Waals surface area contributed by atoms with Gasteiger partial charge in [0.2, 0.25) is 0 Å². The molecule has 1 atom stereocenters. The zero-order valence-corrected chi connectivity index (χ0v) is 15.7. The first-order valence-corrected chi connectivity index (χ1v) is 9.10. The Hall–Kier alpha value is -2.40. The molecule has 128 valence electrons. The highest BCUT2D eigenvalue weighted by molar-refractivity contribution is 8.00. The first kappa shape index (κ1) is 17.4. The molecule has 0 bridgehead atoms. The van der Waals surface area contributed by atoms with Gasteiger partial charge in [-0.15, -0.1) is 10.2 Å². The highest BCUT2D eigenvalue weighted by Gasteiger charge is 2.21. The van der Waals surface area contributed by atoms with E-state index in [0.29, 0.717) is 0 Å². The number of benzene rings is 2. The van der Waals surface area contributed by atoms with Gasteiger partial charge in [0.05, 0.1) is 5.25 Å². The van der Waals surface area contributed by atoms with E-state index in [-0.39, 0.29) is 11.0 Å². The normalized spacial score (nSPS) is 12.2. The lowest BCUT2D eigenvalue weighted by atomic mass is 10.1. The number of aryl methyl sites for hydroxylation is 3. The maximum atomic E-state index is 12.7. The lowest BCUT2D eigenvalue weighted by Crippen LogP contribution is -2.14. The van der Waals surface area contributed by atoms with Gasteiger partial charge < -0.3 is 0 Å². The molecule has 5 heteroatoms. The van der Waals surface area contributed by atoms with Crippen LogP contribution in [0.25, 0.3) is 5.69 Å². The highest BCUT2D eigenvalue weighted by atomic mass is 32.2. The Morgan fingerprint density at radius 3 is 2.08 bits per heavy atom. The third-order valence-corrected chi connectivity index (χ3v) is 5.12. The number of rotatable bonds is 5. The van der Waals surface area contributed by atoms with E-state index in [4.69, 9.17) is 0 Å². The van der Waals surface area contributed by atoms with E-state index < -0.39 is 0 Å². The molecule has 2 aromatic carbocycles. The predicted octanol–water partition coefficient (Wildman–Crippen LogP) is 4.56. The maximum absolute atomic E-state index is 12.7. The lowest BCUT2D eigenvalue weighted by molar-refractivity contribution is 0.0994. The molecule has 0 aliphatic rings. The number of hydrogen-bond acceptors (Lipinski definition) is 4. The van der Waals surface area contributed by atoms with Gasteiger partial charge in [-0.2, -0.15) is 0 Å². The Morgan fingerprint density at radius 2 is 1.48 bits per heavy atom. The Bertz CT molecular complexity index is 882. The molecule has 3 aromatic rings. The summed E-state index contributed by atoms with van der Waals surface area (Å²) in [4.78, 5) is 12.7. The van der Waals surface area contributed by atoms with Crippen LogP contribution in [-0.4, -0.2) is 25.8 Å². The van der Waals surface area contributed by atoms with Crippen molar-refractivity contribution in [3.8, 4) is 5.69 Å². The summed E-state index contributed by atoms with van der Waals surface area (Å²) < 4.78 is 1.99. The van der Waals surface area contributed by atoms with Gasteiger partial charge in [-0.25, -0.2) is 0 Å². The third kappa shape index (κ3) is 3.82. The van der Waals surface area contributed by atoms with Gasteiger partial charge in [0.15, 0.2) is 10.9 Å². The van der Waals surface area contributed by atoms with Crippen molar-refractivity contribution in [3.63, 3.8) is 0 Å². The first-order chi connectivity index (χ1) is 12.0. The number of thioether (sulfide) groups is 1. The largest absolute Gasteiger partial charge is 0.293 e. The van der Waals surface area contributed by atoms with Crippen LogP contribution in [0.3, 0.4) is 0 Å². The van der Waals surface area contributed by atoms with Gasteiger partial charge in [-0.1, -0.05) is 59.3 Å². The Labute approximate surface area is 152 Å². The number of aromatic nitrogens is 3. The fourth-order valence-corrected chi connectivity index (χ4v) is 3.56. The zero-order valence-electron chi connectivity index (χ0n) is 14.9. The summed E-state index contributed by atoms with van der Waals surface area (Å²) in [6, 6.07) is 15.9. The molecule has 1 aromatic heterocycles. The van der Waals surface area contributed by atoms with E-state index in [2.05, 4.69) is 29.3 Å². The summed E-state index contributed by atoms with van der Waals surface area (Å²) in [7, 11) is 0. The van der Waals surface area contributed by atoms with Crippen molar-refractivity contribution in [1.82, 2.24) is 14.8 Å². The van der Waals surface area contributed by atoms with Gasteiger partial charge in [-0.3, -0.25) is 9.36 Å². The molecule has 0 unspecified atom stereocenters. The minimum atomic E-state index is -0.240. The summed E-state index contributed by atoms with van der Waals surface area (Å²) in [5.74, 6) is 0.905. The van der Waals surface area contributed by atoms with Crippen LogP contribution < -0.4 is 0 Å². The van der Waals surface area contributed by atoms with Gasteiger partial charge >= 0.3 is 0 Å². The van der Waals surface area contributed by atoms with Crippen LogP contribution in [0.15, 0.2) is 53.7 Å². The number of Topliss-reactive ketones (excluding diaryl/α,β-unsaturated/α-hetero) is 1. The van der Waals surface area contributed by atoms with E-state index in [0.717, 1.165) is 27.8 Å². The van der Waals surface area contributed by atoms with Gasteiger partial charge in [0.25, 0.3) is 0 Å². The van der Waals surface area contributed by atoms with Crippen LogP contribution in [0.4, 0.5) is 0 Å². The van der Waals surface area contributed by atoms with E-state index in [1.807, 2.05) is 61.7 Å². The van der Waals surface area contributed by atoms with Crippen LogP contribution in [0, 0.1) is 20.8 Å². The van der Waals surface area contributed by atoms with Crippen molar-refractivity contribution in [2.24, 2.45) is 0 Å². The van der Waals surface area contributed by atoms with Crippen LogP contribution in [0.5, 0.6) is 0 Å². The Morgan fingerprint density at radius 1 is 0.920 bits per heavy atom. The van der Waals surface area contributed by atoms with Gasteiger partial charge in [-0.05, 0) is 39.8 Å². The van der Waals surface area contributed by atoms with Gasteiger partial charge in [0, 0.05) is 11.3 Å². The molecule has 0 N–H and O–H groups in total. The van der Waals surface area contributed by atoms with Crippen molar-refractivity contribution in [2.75, 3.05) is 0 Å². The number of carbonyl (C=O) groups excluding carboxylic acids is 1. The molecule has 0 spiro atoms. The molecule has 0 saturated heterocycles. The minimum absolute atomic E-state index is 0.0982. The molecule has 0 aliphatic heterocycles. The molecule has 0 saturated carbocycles. The fourth-order valence-electron chi connectivity index (χ4n) is 2.57. The van der Waals surface area contributed by atoms with Crippen molar-refractivity contribution in [3.05, 3.63) is 71.0 Å². The van der Waals surface area contributed by atoms with Crippen LogP contribution in [0.1, 0.15) is 34.2 Å². The first-order valence-electron chi connectivity index (χ1n) is 8.22. The zero-order chi connectivity index (χ0) is 18.0. The lowest BCUT2D eigenvalue weighted by Gasteiger charge is -2.12. The van der Waals surface area contributed by atoms with E-state index >= 15 is 0 Å². The second-order valence-electron chi connectivity index (χ2n) is 6.19. The Balaban J connectivity index is 1.84. The maximum Gasteiger partial charge on any atom is 0.196 e. The van der Waals surface area contributed by atoms with E-state index in [9.17, 15) is 4.79 Å². The number of nitrogens with zero attached hydrogens (tertiary/aromatic N) is 3. The highest BCUT2D eigenvalue weighted by Crippen LogP contribution is 2.27. The van der Waals surface area contributed by atoms with Crippen LogP contribution >= 0.6 is 11.8 Å². The summed E-state index contributed by atoms with van der Waals surface area (Å²) in [5.41, 5.74) is 4.08. The molecule has 3 rings (SSSR count). The molecular formula is C20H21N3OS. The number of hydrogen-bond donors (Lipinski definition) is 0. The molecule has 0 amide bonds. The standard InChI is InChI=1S/C20H21N3OS/c1-13-5-9-17(10-6-13)19(24)15(3)25-20-22-21-16(4)23(20)18-11-7-14(2)8-12-18/h5-12,15H,1-4H3/t15-/m0/s1. The number of carbonyl (C=O) groups is 1. The second-order valence-corrected chi connectivity index (χ2v) is 7.50. The summed E-state index contributed by atoms with van der Waals surface area (Å²) in [5, 5.41) is 8.95. The second kappa shape index (κ2) is 7.23. The topological polar surface area (TPSA) is 47.8 Å². The summed E-state index contributed by atoms with van der Waals surface area (Å²) in [6.45, 7) is 7.90. The molecular weight excluding hydrogens is 330 g/mol. The van der Waals surface area contributed by atoms with Gasteiger partial charge in [0.1, 0.15) is 5.82 Å². The number of ketones is 1. The molecule has 1 heterocycles. The molecule has 4 nitrogen and oxygen atoms in total. The monoisotopic (exact) mass is 351 g/mol. The quantitative estimate of drug-likeness (QED) is 0.499. The third-order valence-electron chi connectivity index (χ3n) is 4.07. The molecule has 0 fully saturated rings. The molecule has 0 radical (unpaired) electrons. The Kier molecular flexibility index (Phi) is 5.04. The predicted molar refractivity (Wildman–Crippen MR) is 102 cm³/mol. The SMILES string of the molecule is Cc1ccc(C(=O)[C@H](C)Sc2nnc(C)n2-c2ccc(C)cc2)cc1. The fraction of sp³-hybridized carbons (Fsp3) is 0.250. The molecule has 0 aliphatic carbocycles.